The van der Waals surface area contributed by atoms with Crippen LogP contribution in [0.3, 0.4) is 0 Å². The van der Waals surface area contributed by atoms with Crippen LogP contribution in [0, 0.1) is 6.92 Å². The van der Waals surface area contributed by atoms with E-state index in [2.05, 4.69) is 48.6 Å². The lowest BCUT2D eigenvalue weighted by Crippen LogP contribution is -2.26. The highest BCUT2D eigenvalue weighted by Crippen LogP contribution is 2.23. The van der Waals surface area contributed by atoms with E-state index in [0.717, 1.165) is 30.0 Å². The van der Waals surface area contributed by atoms with Crippen LogP contribution in [0.5, 0.6) is 0 Å². The number of aryl methyl sites for hydroxylation is 1. The number of rotatable bonds is 8. The Hall–Kier alpha value is -3.08. The summed E-state index contributed by atoms with van der Waals surface area (Å²) in [4.78, 5) is 12.7. The molecule has 3 aromatic rings. The van der Waals surface area contributed by atoms with Crippen molar-refractivity contribution in [3.05, 3.63) is 77.6 Å². The molecule has 0 bridgehead atoms. The third-order valence-electron chi connectivity index (χ3n) is 4.62. The lowest BCUT2D eigenvalue weighted by Gasteiger charge is -2.13. The SMILES string of the molecule is Cc1ccc(-n2ncc(C(=O)NCCCNc3ccccc3)c2C(C)C)cc1. The molecule has 146 valence electrons. The van der Waals surface area contributed by atoms with Gasteiger partial charge in [-0.05, 0) is 43.5 Å². The Balaban J connectivity index is 1.61. The Morgan fingerprint density at radius 2 is 1.75 bits per heavy atom. The van der Waals surface area contributed by atoms with E-state index in [-0.39, 0.29) is 11.8 Å². The second-order valence-electron chi connectivity index (χ2n) is 7.25. The number of hydrogen-bond donors (Lipinski definition) is 2. The van der Waals surface area contributed by atoms with Gasteiger partial charge in [-0.25, -0.2) is 4.68 Å². The van der Waals surface area contributed by atoms with Crippen LogP contribution >= 0.6 is 0 Å². The zero-order chi connectivity index (χ0) is 19.9. The van der Waals surface area contributed by atoms with E-state index in [1.807, 2.05) is 47.1 Å². The number of nitrogens with one attached hydrogen (secondary N) is 2. The molecule has 0 aliphatic heterocycles. The van der Waals surface area contributed by atoms with E-state index in [4.69, 9.17) is 0 Å². The second-order valence-corrected chi connectivity index (χ2v) is 7.25. The molecule has 0 radical (unpaired) electrons. The van der Waals surface area contributed by atoms with Gasteiger partial charge in [0.2, 0.25) is 0 Å². The van der Waals surface area contributed by atoms with Crippen LogP contribution in [0.1, 0.15) is 47.8 Å². The van der Waals surface area contributed by atoms with E-state index in [1.165, 1.54) is 5.56 Å². The van der Waals surface area contributed by atoms with Gasteiger partial charge in [-0.2, -0.15) is 5.10 Å². The van der Waals surface area contributed by atoms with Crippen molar-refractivity contribution in [2.75, 3.05) is 18.4 Å². The van der Waals surface area contributed by atoms with Crippen LogP contribution in [-0.2, 0) is 0 Å². The number of hydrogen-bond acceptors (Lipinski definition) is 3. The first-order chi connectivity index (χ1) is 13.6. The first-order valence-electron chi connectivity index (χ1n) is 9.78. The van der Waals surface area contributed by atoms with Crippen molar-refractivity contribution in [2.45, 2.75) is 33.1 Å². The number of carbonyl (C=O) groups excluding carboxylic acids is 1. The number of benzene rings is 2. The molecule has 3 rings (SSSR count). The van der Waals surface area contributed by atoms with E-state index in [0.29, 0.717) is 12.1 Å². The topological polar surface area (TPSA) is 59.0 Å². The zero-order valence-electron chi connectivity index (χ0n) is 16.8. The zero-order valence-corrected chi connectivity index (χ0v) is 16.8. The minimum absolute atomic E-state index is 0.0678. The lowest BCUT2D eigenvalue weighted by atomic mass is 10.0. The number of aromatic nitrogens is 2. The molecule has 0 aliphatic carbocycles. The van der Waals surface area contributed by atoms with Gasteiger partial charge in [-0.3, -0.25) is 4.79 Å². The highest BCUT2D eigenvalue weighted by atomic mass is 16.1. The van der Waals surface area contributed by atoms with Gasteiger partial charge in [-0.1, -0.05) is 49.7 Å². The van der Waals surface area contributed by atoms with E-state index in [1.54, 1.807) is 6.20 Å². The third-order valence-corrected chi connectivity index (χ3v) is 4.62. The van der Waals surface area contributed by atoms with Crippen molar-refractivity contribution >= 4 is 11.6 Å². The molecular formula is C23H28N4O. The minimum Gasteiger partial charge on any atom is -0.385 e. The Kier molecular flexibility index (Phi) is 6.48. The van der Waals surface area contributed by atoms with Gasteiger partial charge in [0.15, 0.2) is 0 Å². The molecule has 0 aliphatic rings. The standard InChI is InChI=1S/C23H28N4O/c1-17(2)22-21(16-26-27(22)20-12-10-18(3)11-13-20)23(28)25-15-7-14-24-19-8-5-4-6-9-19/h4-6,8-13,16-17,24H,7,14-15H2,1-3H3,(H,25,28). The molecule has 28 heavy (non-hydrogen) atoms. The fraction of sp³-hybridized carbons (Fsp3) is 0.304. The van der Waals surface area contributed by atoms with Gasteiger partial charge in [0, 0.05) is 18.8 Å². The molecule has 0 saturated carbocycles. The summed E-state index contributed by atoms with van der Waals surface area (Å²) in [5, 5.41) is 10.9. The maximum absolute atomic E-state index is 12.7. The molecule has 1 amide bonds. The molecule has 1 heterocycles. The van der Waals surface area contributed by atoms with Crippen LogP contribution < -0.4 is 10.6 Å². The fourth-order valence-corrected chi connectivity index (χ4v) is 3.15. The molecule has 2 aromatic carbocycles. The van der Waals surface area contributed by atoms with Crippen molar-refractivity contribution in [1.29, 1.82) is 0 Å². The molecule has 0 fully saturated rings. The molecule has 0 saturated heterocycles. The van der Waals surface area contributed by atoms with Crippen LogP contribution in [0.4, 0.5) is 5.69 Å². The summed E-state index contributed by atoms with van der Waals surface area (Å²) < 4.78 is 1.87. The summed E-state index contributed by atoms with van der Waals surface area (Å²) >= 11 is 0. The van der Waals surface area contributed by atoms with Crippen molar-refractivity contribution < 1.29 is 4.79 Å². The second kappa shape index (κ2) is 9.22. The summed E-state index contributed by atoms with van der Waals surface area (Å²) in [6.45, 7) is 7.65. The summed E-state index contributed by atoms with van der Waals surface area (Å²) in [5.41, 5.74) is 4.84. The Labute approximate surface area is 166 Å². The predicted molar refractivity (Wildman–Crippen MR) is 114 cm³/mol. The van der Waals surface area contributed by atoms with Crippen molar-refractivity contribution in [1.82, 2.24) is 15.1 Å². The monoisotopic (exact) mass is 376 g/mol. The van der Waals surface area contributed by atoms with Crippen molar-refractivity contribution in [3.8, 4) is 5.69 Å². The average Bonchev–Trinajstić information content (AvgIpc) is 3.14. The van der Waals surface area contributed by atoms with E-state index >= 15 is 0 Å². The molecule has 0 atom stereocenters. The number of amides is 1. The first-order valence-corrected chi connectivity index (χ1v) is 9.78. The van der Waals surface area contributed by atoms with Gasteiger partial charge >= 0.3 is 0 Å². The summed E-state index contributed by atoms with van der Waals surface area (Å²) in [7, 11) is 0. The number of anilines is 1. The van der Waals surface area contributed by atoms with Gasteiger partial charge in [0.25, 0.3) is 5.91 Å². The molecule has 0 spiro atoms. The smallest absolute Gasteiger partial charge is 0.254 e. The van der Waals surface area contributed by atoms with Gasteiger partial charge in [0.05, 0.1) is 23.1 Å². The number of para-hydroxylation sites is 1. The highest BCUT2D eigenvalue weighted by molar-refractivity contribution is 5.95. The molecule has 2 N–H and O–H groups in total. The largest absolute Gasteiger partial charge is 0.385 e. The molecular weight excluding hydrogens is 348 g/mol. The predicted octanol–water partition coefficient (Wildman–Crippen LogP) is 4.54. The first kappa shape index (κ1) is 19.7. The third kappa shape index (κ3) is 4.80. The number of nitrogens with zero attached hydrogens (tertiary/aromatic N) is 2. The van der Waals surface area contributed by atoms with Gasteiger partial charge in [-0.15, -0.1) is 0 Å². The highest BCUT2D eigenvalue weighted by Gasteiger charge is 2.20. The fourth-order valence-electron chi connectivity index (χ4n) is 3.15. The number of carbonyl (C=O) groups is 1. The lowest BCUT2D eigenvalue weighted by molar-refractivity contribution is 0.0952. The average molecular weight is 377 g/mol. The van der Waals surface area contributed by atoms with Crippen LogP contribution in [0.25, 0.3) is 5.69 Å². The van der Waals surface area contributed by atoms with Crippen molar-refractivity contribution in [3.63, 3.8) is 0 Å². The van der Waals surface area contributed by atoms with Gasteiger partial charge in [0.1, 0.15) is 0 Å². The van der Waals surface area contributed by atoms with Crippen molar-refractivity contribution in [2.24, 2.45) is 0 Å². The summed E-state index contributed by atoms with van der Waals surface area (Å²) in [6.07, 6.45) is 2.52. The minimum atomic E-state index is -0.0678. The summed E-state index contributed by atoms with van der Waals surface area (Å²) in [6, 6.07) is 18.2. The molecule has 0 unspecified atom stereocenters. The summed E-state index contributed by atoms with van der Waals surface area (Å²) in [5.74, 6) is 0.117. The maximum atomic E-state index is 12.7. The Morgan fingerprint density at radius 3 is 2.43 bits per heavy atom. The molecule has 1 aromatic heterocycles. The normalized spacial score (nSPS) is 10.9. The van der Waals surface area contributed by atoms with E-state index in [9.17, 15) is 4.79 Å². The quantitative estimate of drug-likeness (QED) is 0.568. The van der Waals surface area contributed by atoms with Crippen LogP contribution in [0.15, 0.2) is 60.8 Å². The van der Waals surface area contributed by atoms with E-state index < -0.39 is 0 Å². The molecule has 5 heteroatoms. The Morgan fingerprint density at radius 1 is 1.04 bits per heavy atom. The van der Waals surface area contributed by atoms with Crippen LogP contribution in [0.2, 0.25) is 0 Å². The molecule has 5 nitrogen and oxygen atoms in total. The van der Waals surface area contributed by atoms with Crippen LogP contribution in [-0.4, -0.2) is 28.8 Å². The Bertz CT molecular complexity index is 898. The van der Waals surface area contributed by atoms with Gasteiger partial charge < -0.3 is 10.6 Å². The maximum Gasteiger partial charge on any atom is 0.254 e.